The van der Waals surface area contributed by atoms with Gasteiger partial charge in [0, 0.05) is 16.8 Å². The third-order valence-corrected chi connectivity index (χ3v) is 7.16. The minimum absolute atomic E-state index is 0.0221. The summed E-state index contributed by atoms with van der Waals surface area (Å²) in [5.74, 6) is -0.460. The first-order valence-electron chi connectivity index (χ1n) is 9.73. The molecule has 3 rings (SSSR count). The van der Waals surface area contributed by atoms with Gasteiger partial charge in [0.2, 0.25) is 15.9 Å². The highest BCUT2D eigenvalue weighted by molar-refractivity contribution is 7.92. The average Bonchev–Trinajstić information content (AvgIpc) is 3.01. The Kier molecular flexibility index (Phi) is 6.78. The first kappa shape index (κ1) is 23.3. The summed E-state index contributed by atoms with van der Waals surface area (Å²) < 4.78 is 28.6. The summed E-state index contributed by atoms with van der Waals surface area (Å²) in [7, 11) is -3.74. The molecule has 1 atom stereocenters. The molecule has 0 aliphatic heterocycles. The maximum absolute atomic E-state index is 13.1. The van der Waals surface area contributed by atoms with Crippen LogP contribution in [0.3, 0.4) is 0 Å². The van der Waals surface area contributed by atoms with E-state index in [2.05, 4.69) is 5.32 Å². The summed E-state index contributed by atoms with van der Waals surface area (Å²) in [6.07, 6.45) is 1.33. The summed E-state index contributed by atoms with van der Waals surface area (Å²) in [5.41, 5.74) is 1.66. The zero-order valence-corrected chi connectivity index (χ0v) is 20.0. The van der Waals surface area contributed by atoms with Crippen LogP contribution in [0.4, 0.5) is 11.4 Å². The highest BCUT2D eigenvalue weighted by Crippen LogP contribution is 2.27. The molecule has 0 radical (unpaired) electrons. The SMILES string of the molecule is CC[C@@H](C(=O)Nc1ccc2c(c1)sc(=O)n2C(C)C)N(c1ccc(Cl)cc1)S(C)(=O)=O. The minimum Gasteiger partial charge on any atom is -0.324 e. The van der Waals surface area contributed by atoms with Crippen molar-refractivity contribution in [3.8, 4) is 0 Å². The number of aromatic nitrogens is 1. The molecule has 0 aliphatic rings. The van der Waals surface area contributed by atoms with E-state index in [0.717, 1.165) is 32.1 Å². The highest BCUT2D eigenvalue weighted by atomic mass is 35.5. The van der Waals surface area contributed by atoms with Crippen LogP contribution in [0.15, 0.2) is 47.3 Å². The van der Waals surface area contributed by atoms with Crippen LogP contribution in [0.1, 0.15) is 33.2 Å². The molecule has 1 amide bonds. The second-order valence-electron chi connectivity index (χ2n) is 7.46. The molecular formula is C21H24ClN3O4S2. The van der Waals surface area contributed by atoms with Crippen LogP contribution in [0.25, 0.3) is 10.2 Å². The van der Waals surface area contributed by atoms with E-state index in [1.54, 1.807) is 54.0 Å². The van der Waals surface area contributed by atoms with Crippen LogP contribution in [0, 0.1) is 0 Å². The van der Waals surface area contributed by atoms with Crippen molar-refractivity contribution in [2.24, 2.45) is 0 Å². The lowest BCUT2D eigenvalue weighted by atomic mass is 10.1. The second-order valence-corrected chi connectivity index (χ2v) is 10.8. The largest absolute Gasteiger partial charge is 0.324 e. The van der Waals surface area contributed by atoms with Crippen molar-refractivity contribution in [3.05, 3.63) is 57.2 Å². The predicted octanol–water partition coefficient (Wildman–Crippen LogP) is 4.48. The predicted molar refractivity (Wildman–Crippen MR) is 128 cm³/mol. The summed E-state index contributed by atoms with van der Waals surface area (Å²) in [5, 5.41) is 3.27. The Bertz CT molecular complexity index is 1260. The highest BCUT2D eigenvalue weighted by Gasteiger charge is 2.31. The Labute approximate surface area is 190 Å². The fraction of sp³-hybridized carbons (Fsp3) is 0.333. The molecule has 0 aliphatic carbocycles. The van der Waals surface area contributed by atoms with Gasteiger partial charge in [0.15, 0.2) is 0 Å². The van der Waals surface area contributed by atoms with E-state index < -0.39 is 22.0 Å². The van der Waals surface area contributed by atoms with Gasteiger partial charge in [-0.2, -0.15) is 0 Å². The Morgan fingerprint density at radius 2 is 1.84 bits per heavy atom. The first-order valence-corrected chi connectivity index (χ1v) is 12.8. The number of carbonyl (C=O) groups is 1. The number of halogens is 1. The fourth-order valence-electron chi connectivity index (χ4n) is 3.48. The van der Waals surface area contributed by atoms with Gasteiger partial charge in [-0.3, -0.25) is 18.5 Å². The van der Waals surface area contributed by atoms with Crippen LogP contribution in [-0.2, 0) is 14.8 Å². The van der Waals surface area contributed by atoms with E-state index in [4.69, 9.17) is 11.6 Å². The number of hydrogen-bond donors (Lipinski definition) is 1. The number of benzene rings is 2. The van der Waals surface area contributed by atoms with Crippen molar-refractivity contribution in [1.82, 2.24) is 4.57 Å². The lowest BCUT2D eigenvalue weighted by molar-refractivity contribution is -0.117. The molecule has 1 heterocycles. The third kappa shape index (κ3) is 4.94. The summed E-state index contributed by atoms with van der Waals surface area (Å²) >= 11 is 7.03. The molecule has 2 aromatic carbocycles. The lowest BCUT2D eigenvalue weighted by Gasteiger charge is -2.30. The van der Waals surface area contributed by atoms with Gasteiger partial charge in [0.25, 0.3) is 0 Å². The topological polar surface area (TPSA) is 88.5 Å². The van der Waals surface area contributed by atoms with Gasteiger partial charge in [-0.1, -0.05) is 29.9 Å². The number of nitrogens with zero attached hydrogens (tertiary/aromatic N) is 2. The number of anilines is 2. The maximum atomic E-state index is 13.1. The molecule has 166 valence electrons. The second kappa shape index (κ2) is 9.02. The normalized spacial score (nSPS) is 12.8. The van der Waals surface area contributed by atoms with Gasteiger partial charge in [-0.05, 0) is 62.7 Å². The average molecular weight is 482 g/mol. The van der Waals surface area contributed by atoms with Crippen molar-refractivity contribution in [3.63, 3.8) is 0 Å². The lowest BCUT2D eigenvalue weighted by Crippen LogP contribution is -2.46. The van der Waals surface area contributed by atoms with Crippen LogP contribution >= 0.6 is 22.9 Å². The zero-order chi connectivity index (χ0) is 22.9. The van der Waals surface area contributed by atoms with Crippen molar-refractivity contribution >= 4 is 60.5 Å². The molecule has 1 N–H and O–H groups in total. The van der Waals surface area contributed by atoms with Crippen molar-refractivity contribution in [2.75, 3.05) is 15.9 Å². The molecule has 0 saturated carbocycles. The van der Waals surface area contributed by atoms with E-state index in [1.807, 2.05) is 13.8 Å². The van der Waals surface area contributed by atoms with Crippen LogP contribution in [0.2, 0.25) is 5.02 Å². The Hall–Kier alpha value is -2.36. The molecule has 0 unspecified atom stereocenters. The molecular weight excluding hydrogens is 458 g/mol. The number of amides is 1. The van der Waals surface area contributed by atoms with E-state index in [-0.39, 0.29) is 17.3 Å². The number of carbonyl (C=O) groups excluding carboxylic acids is 1. The molecule has 0 spiro atoms. The molecule has 10 heteroatoms. The third-order valence-electron chi connectivity index (χ3n) is 4.81. The molecule has 0 saturated heterocycles. The fourth-order valence-corrected chi connectivity index (χ4v) is 5.87. The van der Waals surface area contributed by atoms with Crippen molar-refractivity contribution in [1.29, 1.82) is 0 Å². The van der Waals surface area contributed by atoms with Gasteiger partial charge in [0.1, 0.15) is 6.04 Å². The number of nitrogens with one attached hydrogen (secondary N) is 1. The Balaban J connectivity index is 1.94. The summed E-state index contributed by atoms with van der Waals surface area (Å²) in [6, 6.07) is 10.6. The van der Waals surface area contributed by atoms with E-state index >= 15 is 0 Å². The summed E-state index contributed by atoms with van der Waals surface area (Å²) in [6.45, 7) is 5.62. The molecule has 7 nitrogen and oxygen atoms in total. The standard InChI is InChI=1S/C21H24ClN3O4S2/c1-5-17(25(31(4,28)29)16-9-6-14(22)7-10-16)20(26)23-15-8-11-18-19(12-15)30-21(27)24(18)13(2)3/h6-13,17H,5H2,1-4H3,(H,23,26)/t17-/m0/s1. The first-order chi connectivity index (χ1) is 14.5. The van der Waals surface area contributed by atoms with E-state index in [1.165, 1.54) is 0 Å². The molecule has 31 heavy (non-hydrogen) atoms. The summed E-state index contributed by atoms with van der Waals surface area (Å²) in [4.78, 5) is 25.3. The van der Waals surface area contributed by atoms with Crippen molar-refractivity contribution < 1.29 is 13.2 Å². The number of hydrogen-bond acceptors (Lipinski definition) is 5. The molecule has 0 fully saturated rings. The number of fused-ring (bicyclic) bond motifs is 1. The molecule has 1 aromatic heterocycles. The Morgan fingerprint density at radius 1 is 1.19 bits per heavy atom. The van der Waals surface area contributed by atoms with Crippen LogP contribution in [-0.4, -0.2) is 31.2 Å². The quantitative estimate of drug-likeness (QED) is 0.538. The van der Waals surface area contributed by atoms with Gasteiger partial charge >= 0.3 is 4.87 Å². The smallest absolute Gasteiger partial charge is 0.308 e. The van der Waals surface area contributed by atoms with Gasteiger partial charge in [-0.25, -0.2) is 8.42 Å². The molecule has 3 aromatic rings. The number of rotatable bonds is 7. The maximum Gasteiger partial charge on any atom is 0.308 e. The van der Waals surface area contributed by atoms with Crippen LogP contribution in [0.5, 0.6) is 0 Å². The van der Waals surface area contributed by atoms with E-state index in [0.29, 0.717) is 16.4 Å². The zero-order valence-electron chi connectivity index (χ0n) is 17.6. The minimum atomic E-state index is -3.74. The number of thiazole rings is 1. The Morgan fingerprint density at radius 3 is 2.39 bits per heavy atom. The van der Waals surface area contributed by atoms with Crippen LogP contribution < -0.4 is 14.5 Å². The van der Waals surface area contributed by atoms with Gasteiger partial charge < -0.3 is 5.32 Å². The number of sulfonamides is 1. The van der Waals surface area contributed by atoms with Gasteiger partial charge in [-0.15, -0.1) is 0 Å². The van der Waals surface area contributed by atoms with E-state index in [9.17, 15) is 18.0 Å². The van der Waals surface area contributed by atoms with Gasteiger partial charge in [0.05, 0.1) is 22.2 Å². The monoisotopic (exact) mass is 481 g/mol. The van der Waals surface area contributed by atoms with Crippen molar-refractivity contribution in [2.45, 2.75) is 39.3 Å². The molecule has 0 bridgehead atoms.